The van der Waals surface area contributed by atoms with Crippen molar-refractivity contribution in [3.05, 3.63) is 42.5 Å². The van der Waals surface area contributed by atoms with E-state index in [1.807, 2.05) is 47.4 Å². The molecule has 0 saturated carbocycles. The van der Waals surface area contributed by atoms with Gasteiger partial charge in [0.25, 0.3) is 5.91 Å². The minimum atomic E-state index is -2.85. The minimum absolute atomic E-state index is 0.0127. The molecule has 2 aromatic rings. The van der Waals surface area contributed by atoms with Crippen LogP contribution in [-0.2, 0) is 14.6 Å². The molecular weight excluding hydrogens is 364 g/mol. The fourth-order valence-corrected chi connectivity index (χ4v) is 5.89. The lowest BCUT2D eigenvalue weighted by Crippen LogP contribution is -3.18. The quantitative estimate of drug-likeness (QED) is 0.807. The zero-order chi connectivity index (χ0) is 18.9. The van der Waals surface area contributed by atoms with E-state index in [9.17, 15) is 13.2 Å². The molecule has 2 aliphatic heterocycles. The van der Waals surface area contributed by atoms with E-state index in [1.54, 1.807) is 0 Å². The van der Waals surface area contributed by atoms with Crippen molar-refractivity contribution in [1.82, 2.24) is 4.90 Å². The van der Waals surface area contributed by atoms with E-state index in [2.05, 4.69) is 0 Å². The van der Waals surface area contributed by atoms with Crippen molar-refractivity contribution in [2.24, 2.45) is 0 Å². The van der Waals surface area contributed by atoms with Gasteiger partial charge in [0, 0.05) is 6.42 Å². The number of piperazine rings is 1. The highest BCUT2D eigenvalue weighted by Crippen LogP contribution is 2.20. The van der Waals surface area contributed by atoms with Crippen LogP contribution in [0.25, 0.3) is 10.8 Å². The molecule has 0 spiro atoms. The van der Waals surface area contributed by atoms with Crippen LogP contribution in [0, 0.1) is 0 Å². The van der Waals surface area contributed by atoms with E-state index in [0.717, 1.165) is 30.3 Å². The van der Waals surface area contributed by atoms with Gasteiger partial charge in [0.15, 0.2) is 16.4 Å². The number of carbonyl (C=O) groups excluding carboxylic acids is 1. The first-order valence-electron chi connectivity index (χ1n) is 9.44. The van der Waals surface area contributed by atoms with Crippen LogP contribution < -0.4 is 9.64 Å². The monoisotopic (exact) mass is 389 g/mol. The predicted octanol–water partition coefficient (Wildman–Crippen LogP) is 0.133. The number of quaternary nitrogens is 1. The molecule has 0 radical (unpaired) electrons. The van der Waals surface area contributed by atoms with E-state index < -0.39 is 9.84 Å². The van der Waals surface area contributed by atoms with Crippen LogP contribution in [0.15, 0.2) is 42.5 Å². The van der Waals surface area contributed by atoms with Gasteiger partial charge in [-0.05, 0) is 22.9 Å². The minimum Gasteiger partial charge on any atom is -0.484 e. The summed E-state index contributed by atoms with van der Waals surface area (Å²) in [5.74, 6) is 1.29. The van der Waals surface area contributed by atoms with Crippen LogP contribution in [0.1, 0.15) is 6.42 Å². The lowest BCUT2D eigenvalue weighted by molar-refractivity contribution is -0.925. The summed E-state index contributed by atoms with van der Waals surface area (Å²) in [6.45, 7) is 2.97. The second-order valence-corrected chi connectivity index (χ2v) is 9.67. The van der Waals surface area contributed by atoms with E-state index in [1.165, 1.54) is 4.90 Å². The molecule has 1 atom stereocenters. The highest BCUT2D eigenvalue weighted by molar-refractivity contribution is 7.91. The molecule has 2 aromatic carbocycles. The maximum atomic E-state index is 12.5. The van der Waals surface area contributed by atoms with Gasteiger partial charge in [-0.1, -0.05) is 30.3 Å². The number of amides is 1. The number of carbonyl (C=O) groups is 1. The summed E-state index contributed by atoms with van der Waals surface area (Å²) in [5, 5.41) is 2.23. The highest BCUT2D eigenvalue weighted by Gasteiger charge is 2.37. The number of nitrogens with zero attached hydrogens (tertiary/aromatic N) is 1. The molecule has 2 heterocycles. The predicted molar refractivity (Wildman–Crippen MR) is 104 cm³/mol. The largest absolute Gasteiger partial charge is 0.484 e. The molecule has 144 valence electrons. The Kier molecular flexibility index (Phi) is 5.06. The summed E-state index contributed by atoms with van der Waals surface area (Å²) >= 11 is 0. The van der Waals surface area contributed by atoms with Gasteiger partial charge in [0.2, 0.25) is 0 Å². The third kappa shape index (κ3) is 4.25. The highest BCUT2D eigenvalue weighted by atomic mass is 32.2. The average molecular weight is 389 g/mol. The van der Waals surface area contributed by atoms with Crippen molar-refractivity contribution in [3.63, 3.8) is 0 Å². The van der Waals surface area contributed by atoms with Crippen molar-refractivity contribution in [1.29, 1.82) is 0 Å². The number of nitrogens with one attached hydrogen (secondary N) is 1. The molecule has 2 fully saturated rings. The molecule has 0 bridgehead atoms. The smallest absolute Gasteiger partial charge is 0.260 e. The number of hydrogen-bond acceptors (Lipinski definition) is 4. The molecule has 4 rings (SSSR count). The van der Waals surface area contributed by atoms with Gasteiger partial charge in [-0.2, -0.15) is 0 Å². The van der Waals surface area contributed by atoms with Crippen LogP contribution in [0.3, 0.4) is 0 Å². The van der Waals surface area contributed by atoms with Crippen LogP contribution in [0.2, 0.25) is 0 Å². The Hall–Kier alpha value is -2.12. The van der Waals surface area contributed by atoms with Crippen LogP contribution in [0.5, 0.6) is 5.75 Å². The standard InChI is InChI=1S/C20H24N2O4S/c23-20(14-26-19-6-5-16-3-1-2-4-17(16)13-19)22-10-8-21(9-11-22)18-7-12-27(24,25)15-18/h1-6,13,18H,7-12,14-15H2/p+1/t18-/m0/s1. The van der Waals surface area contributed by atoms with Gasteiger partial charge < -0.3 is 14.5 Å². The Morgan fingerprint density at radius 1 is 1.11 bits per heavy atom. The summed E-state index contributed by atoms with van der Waals surface area (Å²) in [7, 11) is -2.85. The third-order valence-corrected chi connectivity index (χ3v) is 7.42. The Morgan fingerprint density at radius 2 is 1.85 bits per heavy atom. The Morgan fingerprint density at radius 3 is 2.56 bits per heavy atom. The van der Waals surface area contributed by atoms with E-state index in [-0.39, 0.29) is 18.6 Å². The third-order valence-electron chi connectivity index (χ3n) is 5.65. The number of ether oxygens (including phenoxy) is 1. The zero-order valence-corrected chi connectivity index (χ0v) is 16.1. The average Bonchev–Trinajstić information content (AvgIpc) is 3.06. The van der Waals surface area contributed by atoms with E-state index in [0.29, 0.717) is 30.3 Å². The van der Waals surface area contributed by atoms with E-state index in [4.69, 9.17) is 4.74 Å². The second kappa shape index (κ2) is 7.48. The van der Waals surface area contributed by atoms with Gasteiger partial charge in [0.1, 0.15) is 17.5 Å². The normalized spacial score (nSPS) is 22.8. The maximum Gasteiger partial charge on any atom is 0.260 e. The van der Waals surface area contributed by atoms with Crippen molar-refractivity contribution in [3.8, 4) is 5.75 Å². The topological polar surface area (TPSA) is 68.1 Å². The summed E-state index contributed by atoms with van der Waals surface area (Å²) in [5.41, 5.74) is 0. The summed E-state index contributed by atoms with van der Waals surface area (Å²) in [6.07, 6.45) is 0.747. The van der Waals surface area contributed by atoms with Crippen LogP contribution in [0.4, 0.5) is 0 Å². The van der Waals surface area contributed by atoms with Gasteiger partial charge >= 0.3 is 0 Å². The fraction of sp³-hybridized carbons (Fsp3) is 0.450. The fourth-order valence-electron chi connectivity index (χ4n) is 4.06. The molecule has 6 nitrogen and oxygen atoms in total. The Balaban J connectivity index is 1.28. The van der Waals surface area contributed by atoms with Gasteiger partial charge in [0.05, 0.1) is 31.9 Å². The maximum absolute atomic E-state index is 12.5. The first kappa shape index (κ1) is 18.3. The lowest BCUT2D eigenvalue weighted by Gasteiger charge is -2.34. The van der Waals surface area contributed by atoms with Crippen molar-refractivity contribution < 1.29 is 22.8 Å². The van der Waals surface area contributed by atoms with E-state index >= 15 is 0 Å². The number of fused-ring (bicyclic) bond motifs is 1. The van der Waals surface area contributed by atoms with Crippen molar-refractivity contribution >= 4 is 26.5 Å². The molecule has 2 saturated heterocycles. The molecule has 7 heteroatoms. The molecular formula is C20H25N2O4S+. The molecule has 0 aromatic heterocycles. The lowest BCUT2D eigenvalue weighted by atomic mass is 10.1. The van der Waals surface area contributed by atoms with Gasteiger partial charge in [-0.25, -0.2) is 8.42 Å². The first-order chi connectivity index (χ1) is 13.0. The van der Waals surface area contributed by atoms with Crippen molar-refractivity contribution in [2.45, 2.75) is 12.5 Å². The number of benzene rings is 2. The number of sulfone groups is 1. The molecule has 0 aliphatic carbocycles. The van der Waals surface area contributed by atoms with Gasteiger partial charge in [-0.3, -0.25) is 4.79 Å². The zero-order valence-electron chi connectivity index (χ0n) is 15.3. The molecule has 0 unspecified atom stereocenters. The second-order valence-electron chi connectivity index (χ2n) is 7.44. The first-order valence-corrected chi connectivity index (χ1v) is 11.3. The van der Waals surface area contributed by atoms with Crippen molar-refractivity contribution in [2.75, 3.05) is 44.3 Å². The molecule has 27 heavy (non-hydrogen) atoms. The molecule has 1 amide bonds. The van der Waals surface area contributed by atoms with Crippen LogP contribution in [-0.4, -0.2) is 69.6 Å². The Bertz CT molecular complexity index is 936. The SMILES string of the molecule is O=C(COc1ccc2ccccc2c1)N1CC[NH+]([C@H]2CCS(=O)(=O)C2)CC1. The summed E-state index contributed by atoms with van der Waals surface area (Å²) < 4.78 is 29.0. The summed E-state index contributed by atoms with van der Waals surface area (Å²) in [4.78, 5) is 15.6. The van der Waals surface area contributed by atoms with Crippen LogP contribution >= 0.6 is 0 Å². The summed E-state index contributed by atoms with van der Waals surface area (Å²) in [6, 6.07) is 14.1. The van der Waals surface area contributed by atoms with Gasteiger partial charge in [-0.15, -0.1) is 0 Å². The molecule has 1 N–H and O–H groups in total. The number of hydrogen-bond donors (Lipinski definition) is 1. The molecule has 2 aliphatic rings. The number of rotatable bonds is 4. The Labute approximate surface area is 159 Å².